The van der Waals surface area contributed by atoms with Crippen LogP contribution in [0.1, 0.15) is 73.6 Å². The Labute approximate surface area is 196 Å². The van der Waals surface area contributed by atoms with Gasteiger partial charge in [-0.15, -0.1) is 5.48 Å². The Bertz CT molecular complexity index is 1080. The van der Waals surface area contributed by atoms with Gasteiger partial charge in [0.25, 0.3) is 0 Å². The first-order valence-corrected chi connectivity index (χ1v) is 11.5. The molecule has 0 saturated carbocycles. The van der Waals surface area contributed by atoms with Gasteiger partial charge in [0, 0.05) is 5.41 Å². The fourth-order valence-corrected chi connectivity index (χ4v) is 4.84. The lowest BCUT2D eigenvalue weighted by Gasteiger charge is -2.45. The smallest absolute Gasteiger partial charge is 0.338 e. The quantitative estimate of drug-likeness (QED) is 0.332. The average Bonchev–Trinajstić information content (AvgIpc) is 2.79. The van der Waals surface area contributed by atoms with Gasteiger partial charge in [0.2, 0.25) is 0 Å². The summed E-state index contributed by atoms with van der Waals surface area (Å²) in [6.45, 7) is 14.9. The number of carboxylic acid groups (broad SMARTS) is 1. The van der Waals surface area contributed by atoms with Crippen molar-refractivity contribution < 1.29 is 19.1 Å². The zero-order valence-corrected chi connectivity index (χ0v) is 20.1. The average molecular weight is 452 g/mol. The van der Waals surface area contributed by atoms with Crippen molar-refractivity contribution >= 4 is 11.5 Å². The first-order valence-electron chi connectivity index (χ1n) is 11.5. The van der Waals surface area contributed by atoms with Crippen molar-refractivity contribution in [1.82, 2.24) is 5.48 Å². The van der Waals surface area contributed by atoms with E-state index in [0.29, 0.717) is 23.2 Å². The molecule has 2 aromatic rings. The van der Waals surface area contributed by atoms with E-state index in [9.17, 15) is 9.18 Å². The van der Waals surface area contributed by atoms with Crippen molar-refractivity contribution in [2.24, 2.45) is 17.3 Å². The van der Waals surface area contributed by atoms with E-state index < -0.39 is 11.8 Å². The number of allylic oxidation sites excluding steroid dienone is 3. The van der Waals surface area contributed by atoms with Crippen molar-refractivity contribution in [3.05, 3.63) is 88.9 Å². The first kappa shape index (κ1) is 24.7. The molecule has 4 unspecified atom stereocenters. The minimum atomic E-state index is -1.29. The fraction of sp³-hybridized carbons (Fsp3) is 0.393. The molecule has 176 valence electrons. The minimum Gasteiger partial charge on any atom is -0.478 e. The number of hydrogen-bond donors (Lipinski definition) is 2. The van der Waals surface area contributed by atoms with Gasteiger partial charge < -0.3 is 9.94 Å². The number of rotatable bonds is 8. The molecule has 4 nitrogen and oxygen atoms in total. The lowest BCUT2D eigenvalue weighted by atomic mass is 9.61. The van der Waals surface area contributed by atoms with Gasteiger partial charge in [0.1, 0.15) is 11.6 Å². The molecule has 0 fully saturated rings. The molecule has 0 bridgehead atoms. The summed E-state index contributed by atoms with van der Waals surface area (Å²) in [4.78, 5) is 17.0. The summed E-state index contributed by atoms with van der Waals surface area (Å²) >= 11 is 0. The van der Waals surface area contributed by atoms with Gasteiger partial charge in [-0.1, -0.05) is 63.8 Å². The number of aromatic carboxylic acids is 1. The molecule has 0 amide bonds. The van der Waals surface area contributed by atoms with Crippen molar-refractivity contribution in [2.75, 3.05) is 0 Å². The number of nitrogens with one attached hydrogen (secondary N) is 1. The maximum atomic E-state index is 14.1. The van der Waals surface area contributed by atoms with Crippen LogP contribution in [0, 0.1) is 30.0 Å². The van der Waals surface area contributed by atoms with Crippen LogP contribution in [0.4, 0.5) is 4.39 Å². The van der Waals surface area contributed by atoms with Crippen LogP contribution >= 0.6 is 0 Å². The van der Waals surface area contributed by atoms with Crippen LogP contribution in [0.3, 0.4) is 0 Å². The van der Waals surface area contributed by atoms with Gasteiger partial charge in [0.15, 0.2) is 0 Å². The maximum absolute atomic E-state index is 14.1. The van der Waals surface area contributed by atoms with E-state index in [1.165, 1.54) is 28.8 Å². The second kappa shape index (κ2) is 9.92. The zero-order chi connectivity index (χ0) is 24.3. The lowest BCUT2D eigenvalue weighted by molar-refractivity contribution is 0.0105. The van der Waals surface area contributed by atoms with Crippen molar-refractivity contribution in [2.45, 2.75) is 53.5 Å². The minimum absolute atomic E-state index is 0.266. The molecule has 0 aliphatic heterocycles. The highest BCUT2D eigenvalue weighted by Gasteiger charge is 2.43. The molecule has 2 N–H and O–H groups in total. The standard InChI is InChI=1S/C28H34FNO3/c1-7-22-18(3)28(6,15-14-24(22)23-11-9-8-10-17(23)2)20(5)33-30-19(4)21-12-13-25(27(31)32)26(29)16-21/h8-14,16,18-19,22,30H,5,7,15H2,1-4,6H3,(H,31,32). The molecule has 0 spiro atoms. The number of benzene rings is 2. The fourth-order valence-electron chi connectivity index (χ4n) is 4.84. The van der Waals surface area contributed by atoms with Gasteiger partial charge in [-0.3, -0.25) is 0 Å². The third-order valence-electron chi connectivity index (χ3n) is 7.37. The molecule has 0 saturated heterocycles. The topological polar surface area (TPSA) is 58.6 Å². The summed E-state index contributed by atoms with van der Waals surface area (Å²) in [6.07, 6.45) is 4.16. The summed E-state index contributed by atoms with van der Waals surface area (Å²) in [5.74, 6) is -0.727. The highest BCUT2D eigenvalue weighted by atomic mass is 19.1. The van der Waals surface area contributed by atoms with E-state index in [1.807, 2.05) is 6.92 Å². The molecule has 0 radical (unpaired) electrons. The first-order chi connectivity index (χ1) is 15.6. The summed E-state index contributed by atoms with van der Waals surface area (Å²) in [5, 5.41) is 9.02. The highest BCUT2D eigenvalue weighted by Crippen LogP contribution is 2.51. The zero-order valence-electron chi connectivity index (χ0n) is 20.1. The Morgan fingerprint density at radius 3 is 2.64 bits per heavy atom. The second-order valence-corrected chi connectivity index (χ2v) is 9.31. The summed E-state index contributed by atoms with van der Waals surface area (Å²) in [7, 11) is 0. The van der Waals surface area contributed by atoms with Gasteiger partial charge in [-0.25, -0.2) is 9.18 Å². The summed E-state index contributed by atoms with van der Waals surface area (Å²) in [6, 6.07) is 12.3. The largest absolute Gasteiger partial charge is 0.478 e. The van der Waals surface area contributed by atoms with Crippen LogP contribution in [0.25, 0.3) is 5.57 Å². The number of carbonyl (C=O) groups is 1. The second-order valence-electron chi connectivity index (χ2n) is 9.31. The number of halogens is 1. The van der Waals surface area contributed by atoms with Crippen LogP contribution in [-0.4, -0.2) is 11.1 Å². The Kier molecular flexibility index (Phi) is 7.43. The van der Waals surface area contributed by atoms with E-state index in [2.05, 4.69) is 70.1 Å². The number of aryl methyl sites for hydroxylation is 1. The molecular weight excluding hydrogens is 417 g/mol. The predicted molar refractivity (Wildman–Crippen MR) is 130 cm³/mol. The number of hydroxylamine groups is 1. The summed E-state index contributed by atoms with van der Waals surface area (Å²) < 4.78 is 14.1. The lowest BCUT2D eigenvalue weighted by Crippen LogP contribution is -2.38. The van der Waals surface area contributed by atoms with E-state index in [0.717, 1.165) is 12.8 Å². The molecule has 4 atom stereocenters. The Morgan fingerprint density at radius 1 is 1.33 bits per heavy atom. The molecule has 5 heteroatoms. The third-order valence-corrected chi connectivity index (χ3v) is 7.37. The van der Waals surface area contributed by atoms with E-state index in [1.54, 1.807) is 6.07 Å². The van der Waals surface area contributed by atoms with Crippen molar-refractivity contribution in [3.8, 4) is 0 Å². The maximum Gasteiger partial charge on any atom is 0.338 e. The van der Waals surface area contributed by atoms with E-state index in [4.69, 9.17) is 9.94 Å². The van der Waals surface area contributed by atoms with E-state index in [-0.39, 0.29) is 17.0 Å². The molecule has 0 aromatic heterocycles. The molecule has 3 rings (SSSR count). The van der Waals surface area contributed by atoms with Crippen LogP contribution in [0.5, 0.6) is 0 Å². The predicted octanol–water partition coefficient (Wildman–Crippen LogP) is 7.08. The molecule has 1 aliphatic rings. The van der Waals surface area contributed by atoms with E-state index >= 15 is 0 Å². The highest BCUT2D eigenvalue weighted by molar-refractivity contribution is 5.87. The normalized spacial score (nSPS) is 23.5. The Hall–Kier alpha value is -2.92. The van der Waals surface area contributed by atoms with Crippen LogP contribution in [0.15, 0.2) is 60.9 Å². The number of carboxylic acids is 1. The van der Waals surface area contributed by atoms with Gasteiger partial charge in [-0.2, -0.15) is 0 Å². The number of hydrogen-bond acceptors (Lipinski definition) is 3. The SMILES string of the molecule is C=C(ONC(C)c1ccc(C(=O)O)c(F)c1)C1(C)CC=C(c2ccccc2C)C(CC)C1C. The third kappa shape index (κ3) is 4.88. The van der Waals surface area contributed by atoms with Crippen LogP contribution in [0.2, 0.25) is 0 Å². The van der Waals surface area contributed by atoms with Crippen molar-refractivity contribution in [3.63, 3.8) is 0 Å². The molecule has 0 heterocycles. The molecular formula is C28H34FNO3. The van der Waals surface area contributed by atoms with Gasteiger partial charge in [0.05, 0.1) is 11.6 Å². The molecule has 33 heavy (non-hydrogen) atoms. The van der Waals surface area contributed by atoms with Crippen molar-refractivity contribution in [1.29, 1.82) is 0 Å². The Balaban J connectivity index is 1.75. The monoisotopic (exact) mass is 451 g/mol. The molecule has 2 aromatic carbocycles. The Morgan fingerprint density at radius 2 is 2.03 bits per heavy atom. The van der Waals surface area contributed by atoms with Gasteiger partial charge >= 0.3 is 5.97 Å². The van der Waals surface area contributed by atoms with Gasteiger partial charge in [-0.05, 0) is 72.9 Å². The van der Waals surface area contributed by atoms with Crippen LogP contribution in [-0.2, 0) is 4.84 Å². The summed E-state index contributed by atoms with van der Waals surface area (Å²) in [5.41, 5.74) is 6.94. The van der Waals surface area contributed by atoms with Crippen LogP contribution < -0.4 is 5.48 Å². The molecule has 1 aliphatic carbocycles.